The number of piperazine rings is 1. The molecule has 2 aromatic rings. The molecule has 3 rings (SSSR count). The maximum atomic E-state index is 12.4. The Bertz CT molecular complexity index is 766. The van der Waals surface area contributed by atoms with Crippen LogP contribution in [-0.2, 0) is 4.79 Å². The molecule has 5 nitrogen and oxygen atoms in total. The molecule has 2 amide bonds. The summed E-state index contributed by atoms with van der Waals surface area (Å²) in [5, 5.41) is 4.83. The summed E-state index contributed by atoms with van der Waals surface area (Å²) < 4.78 is 0. The second-order valence-electron chi connectivity index (χ2n) is 7.51. The van der Waals surface area contributed by atoms with Gasteiger partial charge in [0.05, 0.1) is 4.88 Å². The molecule has 1 fully saturated rings. The van der Waals surface area contributed by atoms with Gasteiger partial charge >= 0.3 is 0 Å². The monoisotopic (exact) mass is 413 g/mol. The van der Waals surface area contributed by atoms with Gasteiger partial charge in [-0.3, -0.25) is 9.59 Å². The number of hydrogen-bond acceptors (Lipinski definition) is 4. The zero-order valence-electron chi connectivity index (χ0n) is 17.2. The predicted molar refractivity (Wildman–Crippen MR) is 121 cm³/mol. The summed E-state index contributed by atoms with van der Waals surface area (Å²) >= 11 is 1.43. The lowest BCUT2D eigenvalue weighted by atomic mass is 10.1. The summed E-state index contributed by atoms with van der Waals surface area (Å²) in [5.41, 5.74) is 1.93. The first kappa shape index (κ1) is 21.4. The third kappa shape index (κ3) is 6.32. The van der Waals surface area contributed by atoms with Crippen LogP contribution >= 0.6 is 11.3 Å². The molecule has 156 valence electrons. The van der Waals surface area contributed by atoms with E-state index in [1.807, 2.05) is 46.7 Å². The second kappa shape index (κ2) is 11.0. The van der Waals surface area contributed by atoms with Crippen molar-refractivity contribution in [2.24, 2.45) is 0 Å². The number of benzene rings is 1. The van der Waals surface area contributed by atoms with Crippen LogP contribution in [0.25, 0.3) is 0 Å². The molecule has 0 spiro atoms. The van der Waals surface area contributed by atoms with Gasteiger partial charge in [-0.2, -0.15) is 0 Å². The Kier molecular flexibility index (Phi) is 8.11. The van der Waals surface area contributed by atoms with Crippen LogP contribution < -0.4 is 10.2 Å². The number of rotatable bonds is 9. The van der Waals surface area contributed by atoms with Crippen molar-refractivity contribution < 1.29 is 9.59 Å². The number of carbonyl (C=O) groups excluding carboxylic acids is 2. The molecule has 0 bridgehead atoms. The van der Waals surface area contributed by atoms with Crippen LogP contribution in [-0.4, -0.2) is 42.9 Å². The van der Waals surface area contributed by atoms with Crippen LogP contribution in [0.1, 0.15) is 55.1 Å². The number of anilines is 2. The Labute approximate surface area is 177 Å². The number of carbonyl (C=O) groups is 2. The summed E-state index contributed by atoms with van der Waals surface area (Å²) in [6, 6.07) is 11.6. The normalized spacial score (nSPS) is 14.1. The first-order chi connectivity index (χ1) is 14.2. The lowest BCUT2D eigenvalue weighted by molar-refractivity contribution is -0.131. The largest absolute Gasteiger partial charge is 0.368 e. The predicted octanol–water partition coefficient (Wildman–Crippen LogP) is 5.01. The Hall–Kier alpha value is -2.34. The molecule has 2 heterocycles. The maximum Gasteiger partial charge on any atom is 0.265 e. The van der Waals surface area contributed by atoms with Gasteiger partial charge in [0, 0.05) is 44.0 Å². The zero-order valence-corrected chi connectivity index (χ0v) is 18.0. The zero-order chi connectivity index (χ0) is 20.5. The first-order valence-corrected chi connectivity index (χ1v) is 11.5. The molecule has 6 heteroatoms. The van der Waals surface area contributed by atoms with Gasteiger partial charge in [-0.1, -0.05) is 38.7 Å². The van der Waals surface area contributed by atoms with E-state index in [1.165, 1.54) is 30.6 Å². The van der Waals surface area contributed by atoms with E-state index >= 15 is 0 Å². The molecule has 1 N–H and O–H groups in total. The molecular formula is C23H31N3O2S. The van der Waals surface area contributed by atoms with Crippen molar-refractivity contribution in [3.05, 3.63) is 46.7 Å². The summed E-state index contributed by atoms with van der Waals surface area (Å²) in [7, 11) is 0. The summed E-state index contributed by atoms with van der Waals surface area (Å²) in [4.78, 5) is 29.5. The highest BCUT2D eigenvalue weighted by Crippen LogP contribution is 2.21. The molecule has 1 saturated heterocycles. The van der Waals surface area contributed by atoms with E-state index in [2.05, 4.69) is 17.1 Å². The SMILES string of the molecule is CCCCCCCC(=O)N1CCN(c2ccc(NC(=O)c3cccs3)cc2)CC1. The van der Waals surface area contributed by atoms with Gasteiger partial charge in [0.25, 0.3) is 5.91 Å². The first-order valence-electron chi connectivity index (χ1n) is 10.6. The fourth-order valence-corrected chi connectivity index (χ4v) is 4.23. The van der Waals surface area contributed by atoms with Gasteiger partial charge in [-0.25, -0.2) is 0 Å². The van der Waals surface area contributed by atoms with E-state index in [0.717, 1.165) is 50.4 Å². The van der Waals surface area contributed by atoms with Gasteiger partial charge in [-0.05, 0) is 42.1 Å². The van der Waals surface area contributed by atoms with Crippen LogP contribution in [0.3, 0.4) is 0 Å². The van der Waals surface area contributed by atoms with Gasteiger partial charge < -0.3 is 15.1 Å². The summed E-state index contributed by atoms with van der Waals surface area (Å²) in [6.07, 6.45) is 6.59. The lowest BCUT2D eigenvalue weighted by Gasteiger charge is -2.36. The number of amides is 2. The summed E-state index contributed by atoms with van der Waals surface area (Å²) in [5.74, 6) is 0.224. The van der Waals surface area contributed by atoms with Gasteiger partial charge in [-0.15, -0.1) is 11.3 Å². The van der Waals surface area contributed by atoms with Crippen molar-refractivity contribution in [3.8, 4) is 0 Å². The van der Waals surface area contributed by atoms with Crippen molar-refractivity contribution in [2.75, 3.05) is 36.4 Å². The van der Waals surface area contributed by atoms with Crippen LogP contribution in [0.5, 0.6) is 0 Å². The third-order valence-electron chi connectivity index (χ3n) is 5.36. The fourth-order valence-electron chi connectivity index (χ4n) is 3.61. The molecular weight excluding hydrogens is 382 g/mol. The molecule has 1 aliphatic rings. The highest BCUT2D eigenvalue weighted by molar-refractivity contribution is 7.12. The molecule has 0 aliphatic carbocycles. The molecule has 0 atom stereocenters. The molecule has 0 saturated carbocycles. The molecule has 1 aromatic carbocycles. The van der Waals surface area contributed by atoms with E-state index in [9.17, 15) is 9.59 Å². The fraction of sp³-hybridized carbons (Fsp3) is 0.478. The highest BCUT2D eigenvalue weighted by atomic mass is 32.1. The Morgan fingerprint density at radius 3 is 2.34 bits per heavy atom. The Morgan fingerprint density at radius 1 is 0.966 bits per heavy atom. The molecule has 0 radical (unpaired) electrons. The van der Waals surface area contributed by atoms with Gasteiger partial charge in [0.1, 0.15) is 0 Å². The van der Waals surface area contributed by atoms with Gasteiger partial charge in [0.2, 0.25) is 5.91 Å². The van der Waals surface area contributed by atoms with E-state index in [0.29, 0.717) is 17.2 Å². The highest BCUT2D eigenvalue weighted by Gasteiger charge is 2.21. The number of unbranched alkanes of at least 4 members (excludes halogenated alkanes) is 4. The minimum Gasteiger partial charge on any atom is -0.368 e. The van der Waals surface area contributed by atoms with Crippen molar-refractivity contribution in [1.29, 1.82) is 0 Å². The van der Waals surface area contributed by atoms with Crippen molar-refractivity contribution in [3.63, 3.8) is 0 Å². The number of thiophene rings is 1. The van der Waals surface area contributed by atoms with Crippen molar-refractivity contribution in [2.45, 2.75) is 45.4 Å². The molecule has 1 aliphatic heterocycles. The number of nitrogens with zero attached hydrogens (tertiary/aromatic N) is 2. The van der Waals surface area contributed by atoms with E-state index in [-0.39, 0.29) is 5.91 Å². The molecule has 29 heavy (non-hydrogen) atoms. The van der Waals surface area contributed by atoms with Crippen LogP contribution in [0.4, 0.5) is 11.4 Å². The molecule has 1 aromatic heterocycles. The second-order valence-corrected chi connectivity index (χ2v) is 8.46. The van der Waals surface area contributed by atoms with E-state index in [1.54, 1.807) is 0 Å². The Morgan fingerprint density at radius 2 is 1.69 bits per heavy atom. The van der Waals surface area contributed by atoms with Crippen LogP contribution in [0.2, 0.25) is 0 Å². The average molecular weight is 414 g/mol. The standard InChI is InChI=1S/C23H31N3O2S/c1-2-3-4-5-6-9-22(27)26-16-14-25(15-17-26)20-12-10-19(11-13-20)24-23(28)21-8-7-18-29-21/h7-8,10-13,18H,2-6,9,14-17H2,1H3,(H,24,28). The Balaban J connectivity index is 1.42. The number of nitrogens with one attached hydrogen (secondary N) is 1. The smallest absolute Gasteiger partial charge is 0.265 e. The average Bonchev–Trinajstić information content (AvgIpc) is 3.29. The van der Waals surface area contributed by atoms with Crippen LogP contribution in [0.15, 0.2) is 41.8 Å². The maximum absolute atomic E-state index is 12.4. The minimum absolute atomic E-state index is 0.0745. The van der Waals surface area contributed by atoms with Crippen LogP contribution in [0, 0.1) is 0 Å². The third-order valence-corrected chi connectivity index (χ3v) is 6.23. The van der Waals surface area contributed by atoms with Crippen molar-refractivity contribution in [1.82, 2.24) is 4.90 Å². The summed E-state index contributed by atoms with van der Waals surface area (Å²) in [6.45, 7) is 5.47. The van der Waals surface area contributed by atoms with Gasteiger partial charge in [0.15, 0.2) is 0 Å². The van der Waals surface area contributed by atoms with Crippen molar-refractivity contribution >= 4 is 34.5 Å². The lowest BCUT2D eigenvalue weighted by Crippen LogP contribution is -2.48. The topological polar surface area (TPSA) is 52.7 Å². The quantitative estimate of drug-likeness (QED) is 0.588. The van der Waals surface area contributed by atoms with E-state index in [4.69, 9.17) is 0 Å². The minimum atomic E-state index is -0.0745. The molecule has 0 unspecified atom stereocenters. The number of hydrogen-bond donors (Lipinski definition) is 1. The van der Waals surface area contributed by atoms with E-state index < -0.39 is 0 Å².